The maximum absolute atomic E-state index is 8.65. The lowest BCUT2D eigenvalue weighted by molar-refractivity contribution is 0.361. The van der Waals surface area contributed by atoms with Crippen LogP contribution in [-0.2, 0) is 9.47 Å². The van der Waals surface area contributed by atoms with E-state index in [1.807, 2.05) is 0 Å². The Bertz CT molecular complexity index is 348. The molecule has 98 valence electrons. The van der Waals surface area contributed by atoms with Crippen molar-refractivity contribution in [1.29, 1.82) is 0 Å². The third kappa shape index (κ3) is 7.10. The van der Waals surface area contributed by atoms with Crippen LogP contribution in [0.5, 0.6) is 11.5 Å². The van der Waals surface area contributed by atoms with Gasteiger partial charge in [-0.15, -0.1) is 0 Å². The zero-order chi connectivity index (χ0) is 13.1. The normalized spacial score (nSPS) is 14.7. The van der Waals surface area contributed by atoms with Crippen molar-refractivity contribution in [3.05, 3.63) is 24.3 Å². The smallest absolute Gasteiger partial charge is 0.169 e. The minimum atomic E-state index is 0.0880. The summed E-state index contributed by atoms with van der Waals surface area (Å²) in [5.74, 6) is 0.176. The van der Waals surface area contributed by atoms with Crippen LogP contribution in [-0.4, -0.2) is 49.3 Å². The molecule has 0 fully saturated rings. The highest BCUT2D eigenvalue weighted by Crippen LogP contribution is 2.14. The largest absolute Gasteiger partial charge is 0.508 e. The highest BCUT2D eigenvalue weighted by atomic mass is 16.5. The van der Waals surface area contributed by atoms with Gasteiger partial charge in [0.15, 0.2) is 12.8 Å². The third-order valence-corrected chi connectivity index (χ3v) is 1.80. The van der Waals surface area contributed by atoms with Gasteiger partial charge in [0.2, 0.25) is 0 Å². The number of nitrogens with zero attached hydrogens (tertiary/aromatic N) is 2. The number of benzene rings is 1. The molecule has 0 bridgehead atoms. The monoisotopic (exact) mass is 252 g/mol. The van der Waals surface area contributed by atoms with Gasteiger partial charge < -0.3 is 19.7 Å². The Labute approximate surface area is 105 Å². The highest BCUT2D eigenvalue weighted by Gasteiger charge is 1.86. The summed E-state index contributed by atoms with van der Waals surface area (Å²) in [5.41, 5.74) is 0. The van der Waals surface area contributed by atoms with Crippen molar-refractivity contribution in [2.45, 2.75) is 0 Å². The van der Waals surface area contributed by atoms with Crippen LogP contribution in [0.4, 0.5) is 0 Å². The molecule has 2 N–H and O–H groups in total. The van der Waals surface area contributed by atoms with E-state index in [0.29, 0.717) is 0 Å². The first kappa shape index (κ1) is 13.8. The fourth-order valence-electron chi connectivity index (χ4n) is 1.02. The van der Waals surface area contributed by atoms with Crippen LogP contribution in [0.25, 0.3) is 0 Å². The van der Waals surface area contributed by atoms with Crippen LogP contribution in [0.15, 0.2) is 34.3 Å². The maximum Gasteiger partial charge on any atom is 0.169 e. The van der Waals surface area contributed by atoms with Crippen LogP contribution >= 0.6 is 0 Å². The van der Waals surface area contributed by atoms with Gasteiger partial charge >= 0.3 is 0 Å². The van der Waals surface area contributed by atoms with Crippen molar-refractivity contribution in [2.75, 3.05) is 26.3 Å². The Morgan fingerprint density at radius 2 is 1.39 bits per heavy atom. The molecule has 0 aromatic heterocycles. The van der Waals surface area contributed by atoms with E-state index in [-0.39, 0.29) is 11.5 Å². The topological polar surface area (TPSA) is 83.6 Å². The molecule has 0 atom stereocenters. The molecule has 0 spiro atoms. The van der Waals surface area contributed by atoms with E-state index in [4.69, 9.17) is 10.2 Å². The zero-order valence-electron chi connectivity index (χ0n) is 9.90. The van der Waals surface area contributed by atoms with Crippen LogP contribution < -0.4 is 0 Å². The second-order valence-electron chi connectivity index (χ2n) is 3.28. The molecule has 0 saturated heterocycles. The van der Waals surface area contributed by atoms with E-state index >= 15 is 0 Å². The molecule has 0 saturated carbocycles. The molecule has 0 radical (unpaired) electrons. The summed E-state index contributed by atoms with van der Waals surface area (Å²) < 4.78 is 9.31. The molecule has 1 aromatic rings. The number of hydrogen-bond acceptors (Lipinski definition) is 6. The second kappa shape index (κ2) is 8.86. The molecule has 6 heteroatoms. The van der Waals surface area contributed by atoms with E-state index in [2.05, 4.69) is 19.5 Å². The SMILES string of the molecule is C1=NCCO1.C1=NCCO1.Oc1cccc(O)c1. The molecule has 6 nitrogen and oxygen atoms in total. The summed E-state index contributed by atoms with van der Waals surface area (Å²) in [6, 6.07) is 5.85. The number of rotatable bonds is 0. The molecule has 0 amide bonds. The minimum absolute atomic E-state index is 0.0880. The van der Waals surface area contributed by atoms with Crippen molar-refractivity contribution in [2.24, 2.45) is 9.98 Å². The van der Waals surface area contributed by atoms with Gasteiger partial charge in [0.1, 0.15) is 24.7 Å². The number of aliphatic imine (C=N–C) groups is 2. The van der Waals surface area contributed by atoms with Gasteiger partial charge in [-0.05, 0) is 12.1 Å². The van der Waals surface area contributed by atoms with E-state index in [1.54, 1.807) is 6.07 Å². The first-order chi connectivity index (χ1) is 8.79. The van der Waals surface area contributed by atoms with Crippen molar-refractivity contribution >= 4 is 12.8 Å². The standard InChI is InChI=1S/C6H6O2.2C3H5NO/c7-5-2-1-3-6(8)4-5;2*1-2-5-3-4-1/h1-4,7-8H;2*3H,1-2H2. The molecule has 18 heavy (non-hydrogen) atoms. The summed E-state index contributed by atoms with van der Waals surface area (Å²) in [4.78, 5) is 7.47. The molecule has 0 aliphatic carbocycles. The van der Waals surface area contributed by atoms with Gasteiger partial charge in [0.05, 0.1) is 13.1 Å². The predicted molar refractivity (Wildman–Crippen MR) is 68.4 cm³/mol. The lowest BCUT2D eigenvalue weighted by Crippen LogP contribution is -1.80. The van der Waals surface area contributed by atoms with Crippen LogP contribution in [0.3, 0.4) is 0 Å². The number of hydrogen-bond donors (Lipinski definition) is 2. The molecule has 2 heterocycles. The van der Waals surface area contributed by atoms with E-state index in [9.17, 15) is 0 Å². The Kier molecular flexibility index (Phi) is 6.80. The van der Waals surface area contributed by atoms with Crippen LogP contribution in [0.1, 0.15) is 0 Å². The number of aromatic hydroxyl groups is 2. The molecule has 1 aromatic carbocycles. The molecule has 2 aliphatic heterocycles. The Hall–Kier alpha value is -2.24. The Morgan fingerprint density at radius 1 is 0.889 bits per heavy atom. The maximum atomic E-state index is 8.65. The summed E-state index contributed by atoms with van der Waals surface area (Å²) >= 11 is 0. The van der Waals surface area contributed by atoms with Gasteiger partial charge in [0, 0.05) is 6.07 Å². The zero-order valence-corrected chi connectivity index (χ0v) is 9.90. The molecular formula is C12H16N2O4. The van der Waals surface area contributed by atoms with Crippen molar-refractivity contribution in [1.82, 2.24) is 0 Å². The van der Waals surface area contributed by atoms with E-state index in [1.165, 1.54) is 31.0 Å². The van der Waals surface area contributed by atoms with Crippen molar-refractivity contribution < 1.29 is 19.7 Å². The summed E-state index contributed by atoms with van der Waals surface area (Å²) in [7, 11) is 0. The second-order valence-corrected chi connectivity index (χ2v) is 3.28. The van der Waals surface area contributed by atoms with Crippen LogP contribution in [0, 0.1) is 0 Å². The van der Waals surface area contributed by atoms with Gasteiger partial charge in [-0.25, -0.2) is 0 Å². The molecule has 3 rings (SSSR count). The quantitative estimate of drug-likeness (QED) is 0.726. The van der Waals surface area contributed by atoms with E-state index in [0.717, 1.165) is 26.3 Å². The predicted octanol–water partition coefficient (Wildman–Crippen LogP) is 1.19. The number of phenolic OH excluding ortho intramolecular Hbond substituents is 2. The Balaban J connectivity index is 0.000000141. The van der Waals surface area contributed by atoms with Gasteiger partial charge in [-0.3, -0.25) is 9.98 Å². The van der Waals surface area contributed by atoms with Crippen LogP contribution in [0.2, 0.25) is 0 Å². The first-order valence-corrected chi connectivity index (χ1v) is 5.47. The fourth-order valence-corrected chi connectivity index (χ4v) is 1.02. The summed E-state index contributed by atoms with van der Waals surface area (Å²) in [6.07, 6.45) is 2.97. The lowest BCUT2D eigenvalue weighted by atomic mass is 10.3. The van der Waals surface area contributed by atoms with Gasteiger partial charge in [0.25, 0.3) is 0 Å². The van der Waals surface area contributed by atoms with Crippen molar-refractivity contribution in [3.8, 4) is 11.5 Å². The number of ether oxygens (including phenoxy) is 2. The molecule has 0 unspecified atom stereocenters. The average molecular weight is 252 g/mol. The van der Waals surface area contributed by atoms with Gasteiger partial charge in [-0.2, -0.15) is 0 Å². The molecular weight excluding hydrogens is 236 g/mol. The number of phenols is 2. The first-order valence-electron chi connectivity index (χ1n) is 5.47. The highest BCUT2D eigenvalue weighted by molar-refractivity contribution is 5.48. The molecule has 2 aliphatic rings. The van der Waals surface area contributed by atoms with Crippen molar-refractivity contribution in [3.63, 3.8) is 0 Å². The summed E-state index contributed by atoms with van der Waals surface area (Å²) in [5, 5.41) is 17.3. The summed E-state index contributed by atoms with van der Waals surface area (Å²) in [6.45, 7) is 3.25. The Morgan fingerprint density at radius 3 is 1.56 bits per heavy atom. The van der Waals surface area contributed by atoms with Gasteiger partial charge in [-0.1, -0.05) is 6.07 Å². The third-order valence-electron chi connectivity index (χ3n) is 1.80. The van der Waals surface area contributed by atoms with E-state index < -0.39 is 0 Å². The minimum Gasteiger partial charge on any atom is -0.508 e. The average Bonchev–Trinajstić information content (AvgIpc) is 3.09. The lowest BCUT2D eigenvalue weighted by Gasteiger charge is -1.89. The fraction of sp³-hybridized carbons (Fsp3) is 0.333.